The van der Waals surface area contributed by atoms with Gasteiger partial charge in [0, 0.05) is 6.04 Å². The van der Waals surface area contributed by atoms with E-state index < -0.39 is 47.0 Å². The molecule has 0 unspecified atom stereocenters. The lowest BCUT2D eigenvalue weighted by Gasteiger charge is -2.28. The molecule has 0 saturated carbocycles. The summed E-state index contributed by atoms with van der Waals surface area (Å²) >= 11 is 0. The second-order valence-corrected chi connectivity index (χ2v) is 7.72. The van der Waals surface area contributed by atoms with E-state index in [0.717, 1.165) is 16.0 Å². The van der Waals surface area contributed by atoms with Crippen LogP contribution < -0.4 is 10.2 Å². The third kappa shape index (κ3) is 2.84. The van der Waals surface area contributed by atoms with Crippen molar-refractivity contribution in [2.75, 3.05) is 12.0 Å². The molecule has 150 valence electrons. The van der Waals surface area contributed by atoms with Gasteiger partial charge in [0.25, 0.3) is 0 Å². The molecule has 2 aliphatic rings. The van der Waals surface area contributed by atoms with Gasteiger partial charge in [0.15, 0.2) is 0 Å². The number of rotatable bonds is 3. The van der Waals surface area contributed by atoms with Crippen LogP contribution in [0.4, 0.5) is 10.1 Å². The number of anilines is 1. The zero-order chi connectivity index (χ0) is 20.9. The number of carbonyl (C=O) groups is 3. The molecule has 2 amide bonds. The van der Waals surface area contributed by atoms with Crippen LogP contribution in [-0.4, -0.2) is 30.4 Å². The number of carbonyl (C=O) groups excluding carboxylic acids is 3. The highest BCUT2D eigenvalue weighted by molar-refractivity contribution is 6.24. The molecule has 0 aromatic heterocycles. The SMILES string of the molecule is COC(=O)[C@]1(C)N[C@H](c2cccc(C)c2)[C@@H]2C(=O)N(c3ccc(F)cc3)C(=O)[C@@H]21. The highest BCUT2D eigenvalue weighted by Gasteiger charge is 2.67. The van der Waals surface area contributed by atoms with E-state index in [1.807, 2.05) is 31.2 Å². The van der Waals surface area contributed by atoms with E-state index in [9.17, 15) is 18.8 Å². The van der Waals surface area contributed by atoms with Gasteiger partial charge in [-0.2, -0.15) is 0 Å². The predicted molar refractivity (Wildman–Crippen MR) is 103 cm³/mol. The van der Waals surface area contributed by atoms with Crippen LogP contribution in [0.15, 0.2) is 48.5 Å². The standard InChI is InChI=1S/C22H21FN2O4/c1-12-5-4-6-13(11-12)18-16-17(22(2,24-18)21(28)29-3)20(27)25(19(16)26)15-9-7-14(23)8-10-15/h4-11,16-18,24H,1-3H3/t16-,17-,18-,22-/m1/s1. The maximum Gasteiger partial charge on any atom is 0.326 e. The minimum atomic E-state index is -1.37. The van der Waals surface area contributed by atoms with Gasteiger partial charge in [-0.3, -0.25) is 19.7 Å². The largest absolute Gasteiger partial charge is 0.468 e. The Bertz CT molecular complexity index is 1010. The van der Waals surface area contributed by atoms with Crippen LogP contribution in [0, 0.1) is 24.6 Å². The second-order valence-electron chi connectivity index (χ2n) is 7.72. The molecular formula is C22H21FN2O4. The number of imide groups is 1. The van der Waals surface area contributed by atoms with Gasteiger partial charge in [-0.25, -0.2) is 9.29 Å². The summed E-state index contributed by atoms with van der Waals surface area (Å²) in [6.45, 7) is 3.52. The third-order valence-electron chi connectivity index (χ3n) is 5.88. The molecular weight excluding hydrogens is 375 g/mol. The number of hydrogen-bond acceptors (Lipinski definition) is 5. The molecule has 4 atom stereocenters. The first-order valence-corrected chi connectivity index (χ1v) is 9.34. The van der Waals surface area contributed by atoms with Crippen molar-refractivity contribution in [3.05, 3.63) is 65.5 Å². The van der Waals surface area contributed by atoms with Crippen molar-refractivity contribution in [1.82, 2.24) is 5.32 Å². The zero-order valence-corrected chi connectivity index (χ0v) is 16.3. The molecule has 2 saturated heterocycles. The molecule has 7 heteroatoms. The van der Waals surface area contributed by atoms with E-state index in [-0.39, 0.29) is 5.69 Å². The number of halogens is 1. The Morgan fingerprint density at radius 3 is 2.45 bits per heavy atom. The fourth-order valence-corrected chi connectivity index (χ4v) is 4.53. The average molecular weight is 396 g/mol. The van der Waals surface area contributed by atoms with E-state index in [2.05, 4.69) is 5.32 Å². The van der Waals surface area contributed by atoms with Crippen molar-refractivity contribution in [2.45, 2.75) is 25.4 Å². The molecule has 2 heterocycles. The summed E-state index contributed by atoms with van der Waals surface area (Å²) in [7, 11) is 1.25. The van der Waals surface area contributed by atoms with Gasteiger partial charge in [0.2, 0.25) is 11.8 Å². The van der Waals surface area contributed by atoms with Crippen molar-refractivity contribution < 1.29 is 23.5 Å². The van der Waals surface area contributed by atoms with E-state index in [4.69, 9.17) is 4.74 Å². The van der Waals surface area contributed by atoms with E-state index >= 15 is 0 Å². The van der Waals surface area contributed by atoms with Crippen LogP contribution >= 0.6 is 0 Å². The Hall–Kier alpha value is -3.06. The normalized spacial score (nSPS) is 28.6. The van der Waals surface area contributed by atoms with Crippen molar-refractivity contribution in [2.24, 2.45) is 11.8 Å². The molecule has 0 radical (unpaired) electrons. The molecule has 2 aromatic rings. The predicted octanol–water partition coefficient (Wildman–Crippen LogP) is 2.52. The Morgan fingerprint density at radius 1 is 1.14 bits per heavy atom. The van der Waals surface area contributed by atoms with Crippen molar-refractivity contribution in [3.8, 4) is 0 Å². The number of benzene rings is 2. The summed E-state index contributed by atoms with van der Waals surface area (Å²) in [5, 5.41) is 3.20. The lowest BCUT2D eigenvalue weighted by Crippen LogP contribution is -2.54. The Balaban J connectivity index is 1.83. The van der Waals surface area contributed by atoms with Crippen LogP contribution in [0.25, 0.3) is 0 Å². The van der Waals surface area contributed by atoms with Gasteiger partial charge < -0.3 is 4.74 Å². The number of nitrogens with one attached hydrogen (secondary N) is 1. The second kappa shape index (κ2) is 6.77. The lowest BCUT2D eigenvalue weighted by atomic mass is 9.80. The van der Waals surface area contributed by atoms with Crippen LogP contribution in [0.1, 0.15) is 24.1 Å². The first-order chi connectivity index (χ1) is 13.8. The first-order valence-electron chi connectivity index (χ1n) is 9.34. The summed E-state index contributed by atoms with van der Waals surface area (Å²) in [6, 6.07) is 12.2. The van der Waals surface area contributed by atoms with E-state index in [1.54, 1.807) is 6.92 Å². The lowest BCUT2D eigenvalue weighted by molar-refractivity contribution is -0.151. The van der Waals surface area contributed by atoms with Crippen LogP contribution in [0.3, 0.4) is 0 Å². The molecule has 6 nitrogen and oxygen atoms in total. The number of amides is 2. The topological polar surface area (TPSA) is 75.7 Å². The summed E-state index contributed by atoms with van der Waals surface area (Å²) in [5.74, 6) is -3.70. The maximum atomic E-state index is 13.4. The number of ether oxygens (including phenoxy) is 1. The number of nitrogens with zero attached hydrogens (tertiary/aromatic N) is 1. The number of aryl methyl sites for hydroxylation is 1. The fraction of sp³-hybridized carbons (Fsp3) is 0.318. The minimum absolute atomic E-state index is 0.283. The third-order valence-corrected chi connectivity index (χ3v) is 5.88. The van der Waals surface area contributed by atoms with E-state index in [0.29, 0.717) is 0 Å². The highest BCUT2D eigenvalue weighted by atomic mass is 19.1. The molecule has 0 aliphatic carbocycles. The van der Waals surface area contributed by atoms with E-state index in [1.165, 1.54) is 31.4 Å². The summed E-state index contributed by atoms with van der Waals surface area (Å²) < 4.78 is 18.3. The van der Waals surface area contributed by atoms with Gasteiger partial charge in [-0.1, -0.05) is 29.8 Å². The molecule has 1 N–H and O–H groups in total. The van der Waals surface area contributed by atoms with Gasteiger partial charge in [0.05, 0.1) is 24.6 Å². The zero-order valence-electron chi connectivity index (χ0n) is 16.3. The smallest absolute Gasteiger partial charge is 0.326 e. The number of methoxy groups -OCH3 is 1. The molecule has 0 bridgehead atoms. The van der Waals surface area contributed by atoms with Crippen molar-refractivity contribution in [3.63, 3.8) is 0 Å². The fourth-order valence-electron chi connectivity index (χ4n) is 4.53. The molecule has 0 spiro atoms. The van der Waals surface area contributed by atoms with Crippen molar-refractivity contribution in [1.29, 1.82) is 0 Å². The summed E-state index contributed by atoms with van der Waals surface area (Å²) in [4.78, 5) is 40.4. The van der Waals surface area contributed by atoms with Crippen LogP contribution in [0.2, 0.25) is 0 Å². The molecule has 4 rings (SSSR count). The molecule has 2 aromatic carbocycles. The van der Waals surface area contributed by atoms with Gasteiger partial charge >= 0.3 is 5.97 Å². The molecule has 2 aliphatic heterocycles. The molecule has 29 heavy (non-hydrogen) atoms. The quantitative estimate of drug-likeness (QED) is 0.637. The summed E-state index contributed by atoms with van der Waals surface area (Å²) in [5.41, 5.74) is 0.732. The minimum Gasteiger partial charge on any atom is -0.468 e. The van der Waals surface area contributed by atoms with Crippen LogP contribution in [0.5, 0.6) is 0 Å². The monoisotopic (exact) mass is 396 g/mol. The van der Waals surface area contributed by atoms with Gasteiger partial charge in [-0.15, -0.1) is 0 Å². The van der Waals surface area contributed by atoms with Gasteiger partial charge in [-0.05, 0) is 43.7 Å². The Labute approximate surface area is 167 Å². The number of hydrogen-bond donors (Lipinski definition) is 1. The number of fused-ring (bicyclic) bond motifs is 1. The highest BCUT2D eigenvalue weighted by Crippen LogP contribution is 2.50. The number of esters is 1. The Morgan fingerprint density at radius 2 is 1.83 bits per heavy atom. The van der Waals surface area contributed by atoms with Crippen molar-refractivity contribution >= 4 is 23.5 Å². The van der Waals surface area contributed by atoms with Gasteiger partial charge in [0.1, 0.15) is 11.4 Å². The first kappa shape index (κ1) is 19.3. The Kier molecular flexibility index (Phi) is 4.50. The average Bonchev–Trinajstić information content (AvgIpc) is 3.16. The maximum absolute atomic E-state index is 13.4. The molecule has 2 fully saturated rings. The summed E-state index contributed by atoms with van der Waals surface area (Å²) in [6.07, 6.45) is 0. The van der Waals surface area contributed by atoms with Crippen LogP contribution in [-0.2, 0) is 19.1 Å².